The fraction of sp³-hybridized carbons (Fsp3) is 0.0417. The predicted molar refractivity (Wildman–Crippen MR) is 109 cm³/mol. The van der Waals surface area contributed by atoms with Crippen LogP contribution in [0.15, 0.2) is 77.2 Å². The van der Waals surface area contributed by atoms with Gasteiger partial charge in [0.25, 0.3) is 5.91 Å². The summed E-state index contributed by atoms with van der Waals surface area (Å²) in [5, 5.41) is 2.66. The minimum atomic E-state index is -1.66. The maximum atomic E-state index is 13.7. The van der Waals surface area contributed by atoms with E-state index in [0.717, 1.165) is 11.1 Å². The van der Waals surface area contributed by atoms with Gasteiger partial charge in [0.1, 0.15) is 12.4 Å². The summed E-state index contributed by atoms with van der Waals surface area (Å²) in [4.78, 5) is 12.4. The molecule has 0 aliphatic carbocycles. The standard InChI is InChI=1S/C24H15F4NO3/c25-18-12-19(26)22(28)23(21(18)27)31-13-17-10-11-20(32-17)24(30)29-16-8-6-15(7-9-16)14-4-2-1-3-5-14/h1-12H,13H2,(H,29,30). The van der Waals surface area contributed by atoms with Gasteiger partial charge in [-0.15, -0.1) is 0 Å². The lowest BCUT2D eigenvalue weighted by atomic mass is 10.1. The van der Waals surface area contributed by atoms with Crippen LogP contribution < -0.4 is 10.1 Å². The first kappa shape index (κ1) is 21.2. The van der Waals surface area contributed by atoms with Gasteiger partial charge in [0, 0.05) is 11.8 Å². The maximum absolute atomic E-state index is 13.7. The molecule has 1 aromatic heterocycles. The van der Waals surface area contributed by atoms with Crippen molar-refractivity contribution in [2.45, 2.75) is 6.61 Å². The van der Waals surface area contributed by atoms with E-state index in [4.69, 9.17) is 9.15 Å². The summed E-state index contributed by atoms with van der Waals surface area (Å²) in [5.74, 6) is -8.31. The lowest BCUT2D eigenvalue weighted by Crippen LogP contribution is -2.10. The number of carbonyl (C=O) groups excluding carboxylic acids is 1. The lowest BCUT2D eigenvalue weighted by molar-refractivity contribution is 0.0992. The highest BCUT2D eigenvalue weighted by Crippen LogP contribution is 2.27. The van der Waals surface area contributed by atoms with Crippen molar-refractivity contribution < 1.29 is 31.5 Å². The number of hydrogen-bond acceptors (Lipinski definition) is 3. The third kappa shape index (κ3) is 4.49. The number of anilines is 1. The van der Waals surface area contributed by atoms with Crippen LogP contribution in [-0.2, 0) is 6.61 Å². The summed E-state index contributed by atoms with van der Waals surface area (Å²) in [6.45, 7) is -0.546. The second-order valence-corrected chi connectivity index (χ2v) is 6.75. The number of halogens is 4. The molecule has 0 aliphatic rings. The van der Waals surface area contributed by atoms with Crippen molar-refractivity contribution in [3.63, 3.8) is 0 Å². The highest BCUT2D eigenvalue weighted by Gasteiger charge is 2.21. The van der Waals surface area contributed by atoms with Gasteiger partial charge in [-0.3, -0.25) is 4.79 Å². The smallest absolute Gasteiger partial charge is 0.291 e. The van der Waals surface area contributed by atoms with Crippen molar-refractivity contribution in [3.8, 4) is 16.9 Å². The van der Waals surface area contributed by atoms with Crippen molar-refractivity contribution in [3.05, 3.63) is 108 Å². The summed E-state index contributed by atoms with van der Waals surface area (Å²) in [5.41, 5.74) is 2.55. The van der Waals surface area contributed by atoms with Gasteiger partial charge in [-0.1, -0.05) is 42.5 Å². The Hall–Kier alpha value is -4.07. The minimum absolute atomic E-state index is 0.0260. The van der Waals surface area contributed by atoms with E-state index in [-0.39, 0.29) is 17.6 Å². The van der Waals surface area contributed by atoms with Gasteiger partial charge in [0.05, 0.1) is 0 Å². The summed E-state index contributed by atoms with van der Waals surface area (Å²) in [7, 11) is 0. The normalized spacial score (nSPS) is 10.8. The van der Waals surface area contributed by atoms with Gasteiger partial charge in [-0.25, -0.2) is 8.78 Å². The largest absolute Gasteiger partial charge is 0.479 e. The Kier molecular flexibility index (Phi) is 5.93. The molecule has 4 nitrogen and oxygen atoms in total. The fourth-order valence-electron chi connectivity index (χ4n) is 2.97. The Morgan fingerprint density at radius 2 is 1.44 bits per heavy atom. The first-order valence-electron chi connectivity index (χ1n) is 9.43. The number of carbonyl (C=O) groups is 1. The monoisotopic (exact) mass is 441 g/mol. The highest BCUT2D eigenvalue weighted by atomic mass is 19.2. The van der Waals surface area contributed by atoms with Gasteiger partial charge in [-0.05, 0) is 35.4 Å². The van der Waals surface area contributed by atoms with E-state index in [1.54, 1.807) is 12.1 Å². The van der Waals surface area contributed by atoms with Crippen molar-refractivity contribution in [1.29, 1.82) is 0 Å². The highest BCUT2D eigenvalue weighted by molar-refractivity contribution is 6.02. The average Bonchev–Trinajstić information content (AvgIpc) is 3.28. The van der Waals surface area contributed by atoms with Gasteiger partial charge in [0.2, 0.25) is 11.6 Å². The van der Waals surface area contributed by atoms with E-state index in [1.165, 1.54) is 12.1 Å². The molecule has 162 valence electrons. The third-order valence-corrected chi connectivity index (χ3v) is 4.57. The number of furan rings is 1. The van der Waals surface area contributed by atoms with Crippen LogP contribution in [-0.4, -0.2) is 5.91 Å². The number of hydrogen-bond donors (Lipinski definition) is 1. The number of rotatable bonds is 6. The van der Waals surface area contributed by atoms with Crippen LogP contribution >= 0.6 is 0 Å². The molecule has 3 aromatic carbocycles. The molecule has 0 saturated heterocycles. The van der Waals surface area contributed by atoms with Crippen molar-refractivity contribution >= 4 is 11.6 Å². The van der Waals surface area contributed by atoms with E-state index in [9.17, 15) is 22.4 Å². The molecule has 4 rings (SSSR count). The van der Waals surface area contributed by atoms with Crippen LogP contribution in [0.5, 0.6) is 5.75 Å². The van der Waals surface area contributed by atoms with Crippen LogP contribution in [0.2, 0.25) is 0 Å². The van der Waals surface area contributed by atoms with Crippen LogP contribution in [0.4, 0.5) is 23.2 Å². The molecule has 8 heteroatoms. The zero-order valence-electron chi connectivity index (χ0n) is 16.4. The van der Waals surface area contributed by atoms with Crippen LogP contribution in [0.3, 0.4) is 0 Å². The van der Waals surface area contributed by atoms with Gasteiger partial charge < -0.3 is 14.5 Å². The van der Waals surface area contributed by atoms with Crippen molar-refractivity contribution in [1.82, 2.24) is 0 Å². The van der Waals surface area contributed by atoms with E-state index in [0.29, 0.717) is 5.69 Å². The second-order valence-electron chi connectivity index (χ2n) is 6.75. The number of nitrogens with one attached hydrogen (secondary N) is 1. The summed E-state index contributed by atoms with van der Waals surface area (Å²) >= 11 is 0. The quantitative estimate of drug-likeness (QED) is 0.281. The Labute approximate surface area is 180 Å². The summed E-state index contributed by atoms with van der Waals surface area (Å²) < 4.78 is 63.9. The minimum Gasteiger partial charge on any atom is -0.479 e. The maximum Gasteiger partial charge on any atom is 0.291 e. The molecular weight excluding hydrogens is 426 g/mol. The second kappa shape index (κ2) is 8.97. The zero-order chi connectivity index (χ0) is 22.7. The predicted octanol–water partition coefficient (Wildman–Crippen LogP) is 6.33. The van der Waals surface area contributed by atoms with Crippen LogP contribution in [0.25, 0.3) is 11.1 Å². The third-order valence-electron chi connectivity index (χ3n) is 4.57. The molecular formula is C24H15F4NO3. The first-order valence-corrected chi connectivity index (χ1v) is 9.43. The van der Waals surface area contributed by atoms with Gasteiger partial charge >= 0.3 is 0 Å². The Morgan fingerprint density at radius 3 is 2.09 bits per heavy atom. The molecule has 4 aromatic rings. The first-order chi connectivity index (χ1) is 15.4. The summed E-state index contributed by atoms with van der Waals surface area (Å²) in [6, 6.07) is 19.7. The lowest BCUT2D eigenvalue weighted by Gasteiger charge is -2.08. The SMILES string of the molecule is O=C(Nc1ccc(-c2ccccc2)cc1)c1ccc(COc2c(F)c(F)cc(F)c2F)o1. The van der Waals surface area contributed by atoms with Gasteiger partial charge in [0.15, 0.2) is 23.1 Å². The molecule has 0 spiro atoms. The molecule has 0 aliphatic heterocycles. The number of ether oxygens (including phenoxy) is 1. The molecule has 0 radical (unpaired) electrons. The molecule has 1 N–H and O–H groups in total. The zero-order valence-corrected chi connectivity index (χ0v) is 16.4. The molecule has 1 amide bonds. The molecule has 0 saturated carbocycles. The Balaban J connectivity index is 1.40. The topological polar surface area (TPSA) is 51.5 Å². The van der Waals surface area contributed by atoms with E-state index in [2.05, 4.69) is 5.32 Å². The summed E-state index contributed by atoms with van der Waals surface area (Å²) in [6.07, 6.45) is 0. The fourth-order valence-corrected chi connectivity index (χ4v) is 2.97. The Bertz CT molecular complexity index is 1230. The van der Waals surface area contributed by atoms with E-state index in [1.807, 2.05) is 42.5 Å². The van der Waals surface area contributed by atoms with Crippen molar-refractivity contribution in [2.24, 2.45) is 0 Å². The van der Waals surface area contributed by atoms with E-state index < -0.39 is 41.5 Å². The molecule has 0 unspecified atom stereocenters. The van der Waals surface area contributed by atoms with Crippen LogP contribution in [0.1, 0.15) is 16.3 Å². The number of amides is 1. The molecule has 0 atom stereocenters. The Morgan fingerprint density at radius 1 is 0.812 bits per heavy atom. The van der Waals surface area contributed by atoms with Gasteiger partial charge in [-0.2, -0.15) is 8.78 Å². The number of benzene rings is 3. The molecule has 1 heterocycles. The van der Waals surface area contributed by atoms with Crippen LogP contribution in [0, 0.1) is 23.3 Å². The molecule has 0 fully saturated rings. The molecule has 32 heavy (non-hydrogen) atoms. The van der Waals surface area contributed by atoms with Crippen molar-refractivity contribution in [2.75, 3.05) is 5.32 Å². The van der Waals surface area contributed by atoms with E-state index >= 15 is 0 Å². The average molecular weight is 441 g/mol. The molecule has 0 bridgehead atoms.